The molecule has 0 saturated heterocycles. The molecule has 31 heavy (non-hydrogen) atoms. The largest absolute Gasteiger partial charge is 0.493 e. The van der Waals surface area contributed by atoms with Crippen LogP contribution in [0.5, 0.6) is 5.75 Å². The van der Waals surface area contributed by atoms with Crippen molar-refractivity contribution < 1.29 is 13.5 Å². The summed E-state index contributed by atoms with van der Waals surface area (Å²) in [5.41, 5.74) is 1.88. The fraction of sp³-hybridized carbons (Fsp3) is 0.435. The van der Waals surface area contributed by atoms with E-state index in [0.717, 1.165) is 24.2 Å². The Morgan fingerprint density at radius 3 is 2.55 bits per heavy atom. The van der Waals surface area contributed by atoms with Gasteiger partial charge in [0.25, 0.3) is 0 Å². The van der Waals surface area contributed by atoms with Crippen LogP contribution in [0.25, 0.3) is 11.3 Å². The number of benzene rings is 1. The summed E-state index contributed by atoms with van der Waals surface area (Å²) in [6, 6.07) is 5.15. The predicted molar refractivity (Wildman–Crippen MR) is 121 cm³/mol. The maximum atomic E-state index is 14.4. The molecule has 5 nitrogen and oxygen atoms in total. The van der Waals surface area contributed by atoms with Crippen LogP contribution in [0.15, 0.2) is 30.6 Å². The van der Waals surface area contributed by atoms with Gasteiger partial charge in [-0.1, -0.05) is 56.4 Å². The number of nitrogens with one attached hydrogen (secondary N) is 1. The monoisotopic (exact) mass is 446 g/mol. The van der Waals surface area contributed by atoms with Gasteiger partial charge in [0.05, 0.1) is 6.61 Å². The minimum Gasteiger partial charge on any atom is -0.493 e. The van der Waals surface area contributed by atoms with Gasteiger partial charge in [-0.25, -0.2) is 19.3 Å². The smallest absolute Gasteiger partial charge is 0.206 e. The highest BCUT2D eigenvalue weighted by molar-refractivity contribution is 7.14. The summed E-state index contributed by atoms with van der Waals surface area (Å²) in [7, 11) is 0. The van der Waals surface area contributed by atoms with Crippen molar-refractivity contribution in [2.45, 2.75) is 59.0 Å². The first-order valence-electron chi connectivity index (χ1n) is 10.6. The van der Waals surface area contributed by atoms with Crippen LogP contribution in [-0.2, 0) is 6.67 Å². The molecule has 1 aromatic carbocycles. The number of ether oxygens (including phenoxy) is 1. The van der Waals surface area contributed by atoms with Crippen LogP contribution >= 0.6 is 11.3 Å². The molecule has 0 atom stereocenters. The van der Waals surface area contributed by atoms with E-state index in [2.05, 4.69) is 27.2 Å². The number of aryl methyl sites for hydroxylation is 1. The molecule has 8 heteroatoms. The zero-order valence-electron chi connectivity index (χ0n) is 18.0. The summed E-state index contributed by atoms with van der Waals surface area (Å²) in [4.78, 5) is 12.5. The molecule has 0 unspecified atom stereocenters. The maximum Gasteiger partial charge on any atom is 0.206 e. The van der Waals surface area contributed by atoms with Crippen LogP contribution in [0.3, 0.4) is 0 Å². The van der Waals surface area contributed by atoms with Crippen molar-refractivity contribution in [3.8, 4) is 17.0 Å². The first-order chi connectivity index (χ1) is 15.1. The second-order valence-electron chi connectivity index (χ2n) is 7.36. The van der Waals surface area contributed by atoms with Crippen LogP contribution in [0.1, 0.15) is 56.8 Å². The van der Waals surface area contributed by atoms with Crippen LogP contribution < -0.4 is 10.1 Å². The van der Waals surface area contributed by atoms with E-state index < -0.39 is 11.8 Å². The average Bonchev–Trinajstić information content (AvgIpc) is 3.13. The standard InChI is InChI=1S/C23H28F2N4OS/c1-3-4-5-6-7-8-11-30-20-12-19(10-9-17(20)13-24)28-23-29-21(22(25)31-23)18-14-26-16(2)27-15-18/h9-10,12,14-15H,3-8,11,13H2,1-2H3,(H,28,29). The lowest BCUT2D eigenvalue weighted by Crippen LogP contribution is -2.01. The fourth-order valence-electron chi connectivity index (χ4n) is 3.11. The molecule has 1 N–H and O–H groups in total. The number of anilines is 2. The molecule has 3 rings (SSSR count). The van der Waals surface area contributed by atoms with Crippen molar-refractivity contribution in [3.05, 3.63) is 47.1 Å². The number of hydrogen-bond acceptors (Lipinski definition) is 6. The molecule has 166 valence electrons. The Balaban J connectivity index is 1.63. The summed E-state index contributed by atoms with van der Waals surface area (Å²) < 4.78 is 33.6. The van der Waals surface area contributed by atoms with Gasteiger partial charge in [0.2, 0.25) is 5.13 Å². The number of rotatable bonds is 12. The number of halogens is 2. The molecule has 0 aliphatic rings. The van der Waals surface area contributed by atoms with Crippen molar-refractivity contribution in [2.24, 2.45) is 0 Å². The molecular weight excluding hydrogens is 418 g/mol. The third kappa shape index (κ3) is 6.69. The van der Waals surface area contributed by atoms with E-state index in [1.165, 1.54) is 25.7 Å². The van der Waals surface area contributed by atoms with E-state index in [-0.39, 0.29) is 5.69 Å². The van der Waals surface area contributed by atoms with Gasteiger partial charge in [0.15, 0.2) is 5.13 Å². The van der Waals surface area contributed by atoms with Gasteiger partial charge in [-0.2, -0.15) is 4.39 Å². The van der Waals surface area contributed by atoms with Crippen LogP contribution in [0.4, 0.5) is 19.6 Å². The van der Waals surface area contributed by atoms with Crippen LogP contribution in [-0.4, -0.2) is 21.6 Å². The second-order valence-corrected chi connectivity index (χ2v) is 8.31. The molecule has 2 aromatic heterocycles. The Kier molecular flexibility index (Phi) is 8.70. The molecule has 0 aliphatic heterocycles. The van der Waals surface area contributed by atoms with Gasteiger partial charge in [-0.3, -0.25) is 0 Å². The SMILES string of the molecule is CCCCCCCCOc1cc(Nc2nc(-c3cnc(C)nc3)c(F)s2)ccc1CF. The number of aromatic nitrogens is 3. The molecule has 0 saturated carbocycles. The number of thiazole rings is 1. The number of hydrogen-bond donors (Lipinski definition) is 1. The van der Waals surface area contributed by atoms with Gasteiger partial charge in [-0.15, -0.1) is 0 Å². The number of nitrogens with zero attached hydrogens (tertiary/aromatic N) is 3. The summed E-state index contributed by atoms with van der Waals surface area (Å²) in [6.07, 6.45) is 10.1. The number of alkyl halides is 1. The van der Waals surface area contributed by atoms with Crippen molar-refractivity contribution in [1.29, 1.82) is 0 Å². The summed E-state index contributed by atoms with van der Waals surface area (Å²) in [5, 5.41) is 3.06. The molecular formula is C23H28F2N4OS. The van der Waals surface area contributed by atoms with Crippen molar-refractivity contribution in [2.75, 3.05) is 11.9 Å². The molecule has 0 radical (unpaired) electrons. The molecule has 0 fully saturated rings. The molecule has 2 heterocycles. The highest BCUT2D eigenvalue weighted by Crippen LogP contribution is 2.32. The van der Waals surface area contributed by atoms with E-state index >= 15 is 0 Å². The predicted octanol–water partition coefficient (Wildman–Crippen LogP) is 7.00. The summed E-state index contributed by atoms with van der Waals surface area (Å²) in [6.45, 7) is 3.91. The Morgan fingerprint density at radius 2 is 1.81 bits per heavy atom. The molecule has 3 aromatic rings. The Labute approximate surface area is 185 Å². The Morgan fingerprint density at radius 1 is 1.06 bits per heavy atom. The van der Waals surface area contributed by atoms with Gasteiger partial charge in [-0.05, 0) is 19.4 Å². The lowest BCUT2D eigenvalue weighted by atomic mass is 10.1. The Bertz CT molecular complexity index is 963. The van der Waals surface area contributed by atoms with Crippen LogP contribution in [0, 0.1) is 12.1 Å². The topological polar surface area (TPSA) is 59.9 Å². The van der Waals surface area contributed by atoms with Crippen molar-refractivity contribution >= 4 is 22.2 Å². The average molecular weight is 447 g/mol. The van der Waals surface area contributed by atoms with Crippen molar-refractivity contribution in [3.63, 3.8) is 0 Å². The zero-order chi connectivity index (χ0) is 22.1. The van der Waals surface area contributed by atoms with E-state index in [4.69, 9.17) is 4.74 Å². The Hall–Kier alpha value is -2.61. The van der Waals surface area contributed by atoms with E-state index in [9.17, 15) is 8.78 Å². The quantitative estimate of drug-likeness (QED) is 0.304. The first kappa shape index (κ1) is 23.1. The van der Waals surface area contributed by atoms with Gasteiger partial charge < -0.3 is 10.1 Å². The van der Waals surface area contributed by atoms with E-state index in [0.29, 0.717) is 40.1 Å². The van der Waals surface area contributed by atoms with Gasteiger partial charge in [0.1, 0.15) is 23.9 Å². The maximum absolute atomic E-state index is 14.4. The minimum absolute atomic E-state index is 0.201. The van der Waals surface area contributed by atoms with E-state index in [1.807, 2.05) is 0 Å². The normalized spacial score (nSPS) is 11.0. The second kappa shape index (κ2) is 11.7. The van der Waals surface area contributed by atoms with Crippen molar-refractivity contribution in [1.82, 2.24) is 15.0 Å². The van der Waals surface area contributed by atoms with Crippen LogP contribution in [0.2, 0.25) is 0 Å². The van der Waals surface area contributed by atoms with E-state index in [1.54, 1.807) is 37.5 Å². The van der Waals surface area contributed by atoms with Gasteiger partial charge >= 0.3 is 0 Å². The molecule has 0 amide bonds. The highest BCUT2D eigenvalue weighted by Gasteiger charge is 2.15. The third-order valence-electron chi connectivity index (χ3n) is 4.86. The summed E-state index contributed by atoms with van der Waals surface area (Å²) >= 11 is 0.896. The minimum atomic E-state index is -0.602. The molecule has 0 bridgehead atoms. The number of unbranched alkanes of at least 4 members (excludes halogenated alkanes) is 5. The third-order valence-corrected chi connectivity index (χ3v) is 5.62. The molecule has 0 spiro atoms. The summed E-state index contributed by atoms with van der Waals surface area (Å²) in [5.74, 6) is 1.12. The lowest BCUT2D eigenvalue weighted by molar-refractivity contribution is 0.297. The first-order valence-corrected chi connectivity index (χ1v) is 11.5. The molecule has 0 aliphatic carbocycles. The highest BCUT2D eigenvalue weighted by atomic mass is 32.1. The zero-order valence-corrected chi connectivity index (χ0v) is 18.8. The lowest BCUT2D eigenvalue weighted by Gasteiger charge is -2.12. The fourth-order valence-corrected chi connectivity index (χ4v) is 3.85. The van der Waals surface area contributed by atoms with Gasteiger partial charge in [0, 0.05) is 35.3 Å².